The molecule has 0 aromatic heterocycles. The zero-order valence-electron chi connectivity index (χ0n) is 9.53. The molecule has 0 saturated carbocycles. The normalized spacial score (nSPS) is 19.0. The molecule has 86 valence electrons. The van der Waals surface area contributed by atoms with Crippen molar-refractivity contribution in [3.63, 3.8) is 0 Å². The Morgan fingerprint density at radius 1 is 1.44 bits per heavy atom. The number of carboxylic acids is 1. The van der Waals surface area contributed by atoms with E-state index < -0.39 is 12.0 Å². The second kappa shape index (κ2) is 4.14. The van der Waals surface area contributed by atoms with Gasteiger partial charge in [0.15, 0.2) is 0 Å². The van der Waals surface area contributed by atoms with E-state index in [1.807, 2.05) is 19.0 Å². The first-order valence-corrected chi connectivity index (χ1v) is 5.33. The van der Waals surface area contributed by atoms with E-state index in [4.69, 9.17) is 5.11 Å². The van der Waals surface area contributed by atoms with Crippen LogP contribution in [0.5, 0.6) is 0 Å². The fraction of sp³-hybridized carbons (Fsp3) is 0.417. The Labute approximate surface area is 94.9 Å². The third-order valence-electron chi connectivity index (χ3n) is 2.97. The minimum Gasteiger partial charge on any atom is -0.480 e. The molecule has 0 amide bonds. The zero-order valence-corrected chi connectivity index (χ0v) is 9.53. The van der Waals surface area contributed by atoms with Gasteiger partial charge >= 0.3 is 5.97 Å². The number of carbonyl (C=O) groups is 1. The fourth-order valence-corrected chi connectivity index (χ4v) is 1.95. The summed E-state index contributed by atoms with van der Waals surface area (Å²) in [5.74, 6) is -0.777. The predicted molar refractivity (Wildman–Crippen MR) is 62.7 cm³/mol. The number of fused-ring (bicyclic) bond motifs is 1. The van der Waals surface area contributed by atoms with Crippen LogP contribution in [0.2, 0.25) is 0 Å². The molecule has 0 spiro atoms. The molecule has 0 aliphatic carbocycles. The summed E-state index contributed by atoms with van der Waals surface area (Å²) in [5, 5.41) is 12.0. The van der Waals surface area contributed by atoms with E-state index in [1.165, 1.54) is 5.56 Å². The van der Waals surface area contributed by atoms with Crippen LogP contribution in [0, 0.1) is 0 Å². The Morgan fingerprint density at radius 3 is 2.81 bits per heavy atom. The molecule has 1 unspecified atom stereocenters. The van der Waals surface area contributed by atoms with Gasteiger partial charge in [-0.15, -0.1) is 0 Å². The SMILES string of the molecule is CN(C)c1ccc2c(c1)CC(C(=O)O)NC2. The molecule has 1 aromatic carbocycles. The third-order valence-corrected chi connectivity index (χ3v) is 2.97. The molecular formula is C12H16N2O2. The van der Waals surface area contributed by atoms with Crippen molar-refractivity contribution in [3.8, 4) is 0 Å². The number of carboxylic acid groups (broad SMARTS) is 1. The van der Waals surface area contributed by atoms with Crippen LogP contribution in [0.3, 0.4) is 0 Å². The summed E-state index contributed by atoms with van der Waals surface area (Å²) >= 11 is 0. The minimum atomic E-state index is -0.777. The summed E-state index contributed by atoms with van der Waals surface area (Å²) in [5.41, 5.74) is 3.45. The van der Waals surface area contributed by atoms with Gasteiger partial charge in [-0.3, -0.25) is 4.79 Å². The van der Waals surface area contributed by atoms with Gasteiger partial charge in [-0.1, -0.05) is 6.07 Å². The first-order valence-electron chi connectivity index (χ1n) is 5.33. The van der Waals surface area contributed by atoms with Crippen LogP contribution >= 0.6 is 0 Å². The molecule has 0 radical (unpaired) electrons. The van der Waals surface area contributed by atoms with Crippen molar-refractivity contribution >= 4 is 11.7 Å². The van der Waals surface area contributed by atoms with Crippen molar-refractivity contribution in [2.24, 2.45) is 0 Å². The summed E-state index contributed by atoms with van der Waals surface area (Å²) in [4.78, 5) is 12.9. The summed E-state index contributed by atoms with van der Waals surface area (Å²) in [6, 6.07) is 5.74. The molecule has 2 rings (SSSR count). The lowest BCUT2D eigenvalue weighted by atomic mass is 9.95. The van der Waals surface area contributed by atoms with Crippen molar-refractivity contribution in [2.45, 2.75) is 19.0 Å². The van der Waals surface area contributed by atoms with Gasteiger partial charge in [0.25, 0.3) is 0 Å². The standard InChI is InChI=1S/C12H16N2O2/c1-14(2)10-4-3-8-7-13-11(12(15)16)6-9(8)5-10/h3-5,11,13H,6-7H2,1-2H3,(H,15,16). The average molecular weight is 220 g/mol. The summed E-state index contributed by atoms with van der Waals surface area (Å²) in [7, 11) is 3.97. The van der Waals surface area contributed by atoms with Crippen LogP contribution in [0.15, 0.2) is 18.2 Å². The van der Waals surface area contributed by atoms with E-state index in [0.717, 1.165) is 11.3 Å². The van der Waals surface area contributed by atoms with Gasteiger partial charge in [0, 0.05) is 26.3 Å². The van der Waals surface area contributed by atoms with E-state index in [0.29, 0.717) is 13.0 Å². The Balaban J connectivity index is 2.28. The molecule has 4 nitrogen and oxygen atoms in total. The highest BCUT2D eigenvalue weighted by Gasteiger charge is 2.23. The monoisotopic (exact) mass is 220 g/mol. The van der Waals surface area contributed by atoms with Crippen LogP contribution in [-0.2, 0) is 17.8 Å². The molecular weight excluding hydrogens is 204 g/mol. The molecule has 1 atom stereocenters. The maximum absolute atomic E-state index is 10.9. The van der Waals surface area contributed by atoms with Crippen LogP contribution < -0.4 is 10.2 Å². The van der Waals surface area contributed by atoms with Gasteiger partial charge in [-0.25, -0.2) is 0 Å². The van der Waals surface area contributed by atoms with Crippen molar-refractivity contribution in [3.05, 3.63) is 29.3 Å². The molecule has 4 heteroatoms. The highest BCUT2D eigenvalue weighted by molar-refractivity contribution is 5.74. The molecule has 16 heavy (non-hydrogen) atoms. The summed E-state index contributed by atoms with van der Waals surface area (Å²) in [6.45, 7) is 0.639. The predicted octanol–water partition coefficient (Wildman–Crippen LogP) is 0.851. The highest BCUT2D eigenvalue weighted by atomic mass is 16.4. The van der Waals surface area contributed by atoms with E-state index in [1.54, 1.807) is 0 Å². The van der Waals surface area contributed by atoms with Gasteiger partial charge in [0.05, 0.1) is 0 Å². The van der Waals surface area contributed by atoms with Crippen LogP contribution in [0.4, 0.5) is 5.69 Å². The lowest BCUT2D eigenvalue weighted by Crippen LogP contribution is -2.41. The highest BCUT2D eigenvalue weighted by Crippen LogP contribution is 2.22. The van der Waals surface area contributed by atoms with Gasteiger partial charge < -0.3 is 15.3 Å². The number of nitrogens with zero attached hydrogens (tertiary/aromatic N) is 1. The molecule has 1 aromatic rings. The maximum atomic E-state index is 10.9. The molecule has 2 N–H and O–H groups in total. The number of benzene rings is 1. The number of rotatable bonds is 2. The largest absolute Gasteiger partial charge is 0.480 e. The lowest BCUT2D eigenvalue weighted by Gasteiger charge is -2.24. The Hall–Kier alpha value is -1.55. The van der Waals surface area contributed by atoms with Gasteiger partial charge in [-0.05, 0) is 29.7 Å². The van der Waals surface area contributed by atoms with E-state index in [2.05, 4.69) is 23.5 Å². The Morgan fingerprint density at radius 2 is 2.19 bits per heavy atom. The second-order valence-corrected chi connectivity index (χ2v) is 4.32. The molecule has 0 saturated heterocycles. The number of nitrogens with one attached hydrogen (secondary N) is 1. The van der Waals surface area contributed by atoms with Crippen LogP contribution in [-0.4, -0.2) is 31.2 Å². The van der Waals surface area contributed by atoms with Crippen molar-refractivity contribution in [2.75, 3.05) is 19.0 Å². The first kappa shape index (κ1) is 11.0. The van der Waals surface area contributed by atoms with E-state index in [-0.39, 0.29) is 0 Å². The van der Waals surface area contributed by atoms with Crippen LogP contribution in [0.1, 0.15) is 11.1 Å². The molecule has 1 aliphatic heterocycles. The average Bonchev–Trinajstić information content (AvgIpc) is 2.27. The Bertz CT molecular complexity index is 415. The summed E-state index contributed by atoms with van der Waals surface area (Å²) < 4.78 is 0. The van der Waals surface area contributed by atoms with E-state index in [9.17, 15) is 4.79 Å². The molecule has 1 heterocycles. The second-order valence-electron chi connectivity index (χ2n) is 4.32. The zero-order chi connectivity index (χ0) is 11.7. The van der Waals surface area contributed by atoms with Crippen LogP contribution in [0.25, 0.3) is 0 Å². The quantitative estimate of drug-likeness (QED) is 0.776. The number of hydrogen-bond acceptors (Lipinski definition) is 3. The van der Waals surface area contributed by atoms with Gasteiger partial charge in [-0.2, -0.15) is 0 Å². The number of anilines is 1. The first-order chi connectivity index (χ1) is 7.58. The molecule has 0 bridgehead atoms. The fourth-order valence-electron chi connectivity index (χ4n) is 1.95. The van der Waals surface area contributed by atoms with Crippen molar-refractivity contribution in [1.29, 1.82) is 0 Å². The van der Waals surface area contributed by atoms with Gasteiger partial charge in [0.2, 0.25) is 0 Å². The smallest absolute Gasteiger partial charge is 0.321 e. The summed E-state index contributed by atoms with van der Waals surface area (Å²) in [6.07, 6.45) is 0.562. The maximum Gasteiger partial charge on any atom is 0.321 e. The molecule has 0 fully saturated rings. The topological polar surface area (TPSA) is 52.6 Å². The van der Waals surface area contributed by atoms with Crippen molar-refractivity contribution < 1.29 is 9.90 Å². The van der Waals surface area contributed by atoms with Gasteiger partial charge in [0.1, 0.15) is 6.04 Å². The number of aliphatic carboxylic acids is 1. The Kier molecular flexibility index (Phi) is 2.83. The number of hydrogen-bond donors (Lipinski definition) is 2. The third kappa shape index (κ3) is 2.02. The minimum absolute atomic E-state index is 0.454. The molecule has 1 aliphatic rings. The lowest BCUT2D eigenvalue weighted by molar-refractivity contribution is -0.139. The van der Waals surface area contributed by atoms with E-state index >= 15 is 0 Å². The van der Waals surface area contributed by atoms with Crippen molar-refractivity contribution in [1.82, 2.24) is 5.32 Å².